The molecule has 0 aliphatic heterocycles. The average molecular weight is 313 g/mol. The van der Waals surface area contributed by atoms with Gasteiger partial charge in [0.2, 0.25) is 0 Å². The van der Waals surface area contributed by atoms with E-state index in [4.69, 9.17) is 10.2 Å². The van der Waals surface area contributed by atoms with Crippen molar-refractivity contribution in [3.05, 3.63) is 46.6 Å². The van der Waals surface area contributed by atoms with E-state index in [1.165, 1.54) is 6.07 Å². The van der Waals surface area contributed by atoms with Crippen LogP contribution in [0.5, 0.6) is 0 Å². The molecule has 1 unspecified atom stereocenters. The van der Waals surface area contributed by atoms with Gasteiger partial charge in [0, 0.05) is 18.5 Å². The lowest BCUT2D eigenvalue weighted by Crippen LogP contribution is -2.18. The van der Waals surface area contributed by atoms with Gasteiger partial charge in [0.05, 0.1) is 22.1 Å². The number of hydrogen-bond donors (Lipinski definition) is 2. The zero-order chi connectivity index (χ0) is 13.1. The highest BCUT2D eigenvalue weighted by Crippen LogP contribution is 2.27. The Morgan fingerprint density at radius 1 is 1.50 bits per heavy atom. The van der Waals surface area contributed by atoms with E-state index in [2.05, 4.69) is 21.2 Å². The largest absolute Gasteiger partial charge is 0.469 e. The van der Waals surface area contributed by atoms with Gasteiger partial charge in [-0.05, 0) is 41.1 Å². The summed E-state index contributed by atoms with van der Waals surface area (Å²) in [7, 11) is 0. The molecule has 1 heterocycles. The number of nitrogens with two attached hydrogens (primary N) is 1. The quantitative estimate of drug-likeness (QED) is 0.844. The third-order valence-corrected chi connectivity index (χ3v) is 3.19. The molecule has 18 heavy (non-hydrogen) atoms. The normalized spacial score (nSPS) is 12.4. The highest BCUT2D eigenvalue weighted by atomic mass is 79.9. The van der Waals surface area contributed by atoms with Crippen LogP contribution in [-0.2, 0) is 6.42 Å². The maximum atomic E-state index is 13.4. The van der Waals surface area contributed by atoms with Crippen LogP contribution in [-0.4, -0.2) is 6.04 Å². The number of halogens is 2. The fourth-order valence-corrected chi connectivity index (χ4v) is 2.10. The molecule has 1 aromatic heterocycles. The second-order valence-electron chi connectivity index (χ2n) is 4.18. The second kappa shape index (κ2) is 5.44. The zero-order valence-electron chi connectivity index (χ0n) is 9.91. The first-order valence-corrected chi connectivity index (χ1v) is 6.39. The molecule has 0 bridgehead atoms. The number of nitrogens with one attached hydrogen (secondary N) is 1. The van der Waals surface area contributed by atoms with Gasteiger partial charge in [-0.1, -0.05) is 0 Å². The van der Waals surface area contributed by atoms with Crippen LogP contribution in [0.1, 0.15) is 12.7 Å². The molecule has 0 amide bonds. The van der Waals surface area contributed by atoms with Crippen molar-refractivity contribution in [2.24, 2.45) is 0 Å². The van der Waals surface area contributed by atoms with E-state index >= 15 is 0 Å². The Morgan fingerprint density at radius 3 is 2.94 bits per heavy atom. The molecule has 1 atom stereocenters. The minimum Gasteiger partial charge on any atom is -0.469 e. The van der Waals surface area contributed by atoms with Gasteiger partial charge < -0.3 is 15.5 Å². The third kappa shape index (κ3) is 3.04. The monoisotopic (exact) mass is 312 g/mol. The standard InChI is InChI=1S/C13H14BrFN2O/c1-8(5-9-3-2-4-18-9)17-13-7-11(15)10(14)6-12(13)16/h2-4,6-8,17H,5,16H2,1H3. The minimum absolute atomic E-state index is 0.0963. The van der Waals surface area contributed by atoms with Crippen LogP contribution in [0.15, 0.2) is 39.4 Å². The van der Waals surface area contributed by atoms with Crippen molar-refractivity contribution in [1.82, 2.24) is 0 Å². The van der Waals surface area contributed by atoms with Crippen LogP contribution in [0.25, 0.3) is 0 Å². The van der Waals surface area contributed by atoms with Crippen molar-refractivity contribution in [1.29, 1.82) is 0 Å². The number of nitrogen functional groups attached to an aromatic ring is 1. The predicted molar refractivity (Wildman–Crippen MR) is 74.0 cm³/mol. The molecule has 0 aliphatic carbocycles. The van der Waals surface area contributed by atoms with Crippen LogP contribution in [0, 0.1) is 5.82 Å². The Bertz CT molecular complexity index is 528. The molecule has 1 aromatic carbocycles. The maximum absolute atomic E-state index is 13.4. The van der Waals surface area contributed by atoms with Crippen LogP contribution < -0.4 is 11.1 Å². The molecule has 5 heteroatoms. The van der Waals surface area contributed by atoms with Gasteiger partial charge in [-0.15, -0.1) is 0 Å². The first-order chi connectivity index (χ1) is 8.56. The number of furan rings is 1. The summed E-state index contributed by atoms with van der Waals surface area (Å²) in [6, 6.07) is 6.79. The van der Waals surface area contributed by atoms with E-state index in [9.17, 15) is 4.39 Å². The van der Waals surface area contributed by atoms with Crippen molar-refractivity contribution in [3.63, 3.8) is 0 Å². The van der Waals surface area contributed by atoms with Crippen LogP contribution in [0.2, 0.25) is 0 Å². The Morgan fingerprint density at radius 2 is 2.28 bits per heavy atom. The predicted octanol–water partition coefficient (Wildman–Crippen LogP) is 3.81. The lowest BCUT2D eigenvalue weighted by atomic mass is 10.1. The fraction of sp³-hybridized carbons (Fsp3) is 0.231. The van der Waals surface area contributed by atoms with E-state index in [1.807, 2.05) is 19.1 Å². The van der Waals surface area contributed by atoms with Crippen molar-refractivity contribution in [2.75, 3.05) is 11.1 Å². The summed E-state index contributed by atoms with van der Waals surface area (Å²) in [5.41, 5.74) is 6.93. The number of benzene rings is 1. The summed E-state index contributed by atoms with van der Waals surface area (Å²) in [4.78, 5) is 0. The third-order valence-electron chi connectivity index (χ3n) is 2.58. The van der Waals surface area contributed by atoms with Gasteiger partial charge in [0.15, 0.2) is 0 Å². The average Bonchev–Trinajstić information content (AvgIpc) is 2.78. The smallest absolute Gasteiger partial charge is 0.139 e. The lowest BCUT2D eigenvalue weighted by molar-refractivity contribution is 0.498. The van der Waals surface area contributed by atoms with Crippen molar-refractivity contribution in [2.45, 2.75) is 19.4 Å². The van der Waals surface area contributed by atoms with Crippen molar-refractivity contribution < 1.29 is 8.81 Å². The Balaban J connectivity index is 2.07. The van der Waals surface area contributed by atoms with Gasteiger partial charge in [0.25, 0.3) is 0 Å². The molecule has 0 spiro atoms. The van der Waals surface area contributed by atoms with Gasteiger partial charge in [-0.25, -0.2) is 4.39 Å². The number of rotatable bonds is 4. The summed E-state index contributed by atoms with van der Waals surface area (Å²) >= 11 is 3.10. The highest BCUT2D eigenvalue weighted by Gasteiger charge is 2.10. The van der Waals surface area contributed by atoms with E-state index < -0.39 is 0 Å². The fourth-order valence-electron chi connectivity index (χ4n) is 1.73. The molecule has 2 aromatic rings. The summed E-state index contributed by atoms with van der Waals surface area (Å²) in [5.74, 6) is 0.544. The van der Waals surface area contributed by atoms with E-state index in [-0.39, 0.29) is 11.9 Å². The SMILES string of the molecule is CC(Cc1ccco1)Nc1cc(F)c(Br)cc1N. The highest BCUT2D eigenvalue weighted by molar-refractivity contribution is 9.10. The van der Waals surface area contributed by atoms with Gasteiger partial charge >= 0.3 is 0 Å². The van der Waals surface area contributed by atoms with Crippen molar-refractivity contribution >= 4 is 27.3 Å². The summed E-state index contributed by atoms with van der Waals surface area (Å²) in [6.45, 7) is 1.99. The van der Waals surface area contributed by atoms with E-state index in [0.29, 0.717) is 22.3 Å². The van der Waals surface area contributed by atoms with Gasteiger partial charge in [-0.3, -0.25) is 0 Å². The molecule has 3 nitrogen and oxygen atoms in total. The van der Waals surface area contributed by atoms with Crippen LogP contribution >= 0.6 is 15.9 Å². The van der Waals surface area contributed by atoms with Gasteiger partial charge in [-0.2, -0.15) is 0 Å². The Kier molecular flexibility index (Phi) is 3.91. The minimum atomic E-state index is -0.336. The van der Waals surface area contributed by atoms with Gasteiger partial charge in [0.1, 0.15) is 11.6 Å². The molecule has 0 radical (unpaired) electrons. The molecule has 3 N–H and O–H groups in total. The number of anilines is 2. The second-order valence-corrected chi connectivity index (χ2v) is 5.04. The van der Waals surface area contributed by atoms with E-state index in [0.717, 1.165) is 5.76 Å². The number of hydrogen-bond acceptors (Lipinski definition) is 3. The Hall–Kier alpha value is -1.49. The molecule has 0 saturated carbocycles. The molecular formula is C13H14BrFN2O. The van der Waals surface area contributed by atoms with Crippen LogP contribution in [0.3, 0.4) is 0 Å². The molecule has 96 valence electrons. The molecular weight excluding hydrogens is 299 g/mol. The topological polar surface area (TPSA) is 51.2 Å². The summed E-state index contributed by atoms with van der Waals surface area (Å²) in [5, 5.41) is 3.17. The molecule has 0 fully saturated rings. The molecule has 0 saturated heterocycles. The first kappa shape index (κ1) is 13.0. The zero-order valence-corrected chi connectivity index (χ0v) is 11.5. The van der Waals surface area contributed by atoms with Crippen molar-refractivity contribution in [3.8, 4) is 0 Å². The summed E-state index contributed by atoms with van der Waals surface area (Å²) in [6.07, 6.45) is 2.35. The van der Waals surface area contributed by atoms with Crippen LogP contribution in [0.4, 0.5) is 15.8 Å². The Labute approximate surface area is 113 Å². The summed E-state index contributed by atoms with van der Waals surface area (Å²) < 4.78 is 19.1. The van der Waals surface area contributed by atoms with E-state index in [1.54, 1.807) is 12.3 Å². The molecule has 2 rings (SSSR count). The first-order valence-electron chi connectivity index (χ1n) is 5.59. The maximum Gasteiger partial charge on any atom is 0.139 e. The molecule has 0 aliphatic rings. The lowest BCUT2D eigenvalue weighted by Gasteiger charge is -2.16.